The Morgan fingerprint density at radius 2 is 1.92 bits per heavy atom. The number of pyridine rings is 2. The molecule has 2 saturated heterocycles. The predicted octanol–water partition coefficient (Wildman–Crippen LogP) is 2.93. The molecule has 0 radical (unpaired) electrons. The molecule has 0 aliphatic carbocycles. The Hall–Kier alpha value is -3.63. The van der Waals surface area contributed by atoms with Crippen molar-refractivity contribution in [3.8, 4) is 34.4 Å². The molecule has 2 fully saturated rings. The van der Waals surface area contributed by atoms with Crippen molar-refractivity contribution in [1.29, 1.82) is 0 Å². The van der Waals surface area contributed by atoms with Crippen molar-refractivity contribution in [1.82, 2.24) is 20.2 Å². The molecule has 4 heterocycles. The zero-order valence-corrected chi connectivity index (χ0v) is 22.1. The van der Waals surface area contributed by atoms with Gasteiger partial charge in [0.15, 0.2) is 11.5 Å². The largest absolute Gasteiger partial charge is 0.493 e. The second-order valence-electron chi connectivity index (χ2n) is 9.49. The molecule has 1 N–H and O–H groups in total. The van der Waals surface area contributed by atoms with E-state index in [4.69, 9.17) is 28.7 Å². The van der Waals surface area contributed by atoms with Crippen LogP contribution in [-0.2, 0) is 9.53 Å². The van der Waals surface area contributed by atoms with Crippen molar-refractivity contribution >= 4 is 16.8 Å². The Morgan fingerprint density at radius 3 is 2.61 bits per heavy atom. The number of methoxy groups -OCH3 is 2. The van der Waals surface area contributed by atoms with Crippen LogP contribution >= 0.6 is 0 Å². The number of ether oxygens (including phenoxy) is 5. The molecular formula is C28H34N4O6. The summed E-state index contributed by atoms with van der Waals surface area (Å²) >= 11 is 0. The maximum absolute atomic E-state index is 11.7. The smallest absolute Gasteiger partial charge is 0.223 e. The second kappa shape index (κ2) is 11.8. The van der Waals surface area contributed by atoms with Crippen LogP contribution in [0.25, 0.3) is 22.2 Å². The van der Waals surface area contributed by atoms with Crippen LogP contribution in [0.15, 0.2) is 36.5 Å². The van der Waals surface area contributed by atoms with Gasteiger partial charge in [0.2, 0.25) is 17.5 Å². The lowest BCUT2D eigenvalue weighted by molar-refractivity contribution is -0.119. The molecule has 1 amide bonds. The van der Waals surface area contributed by atoms with Crippen molar-refractivity contribution in [2.45, 2.75) is 19.4 Å². The van der Waals surface area contributed by atoms with Gasteiger partial charge in [-0.25, -0.2) is 4.98 Å². The summed E-state index contributed by atoms with van der Waals surface area (Å²) in [5.74, 6) is 2.25. The maximum atomic E-state index is 11.7. The van der Waals surface area contributed by atoms with Crippen molar-refractivity contribution in [2.75, 3.05) is 60.2 Å². The van der Waals surface area contributed by atoms with Crippen molar-refractivity contribution in [2.24, 2.45) is 5.92 Å². The van der Waals surface area contributed by atoms with E-state index in [1.54, 1.807) is 20.4 Å². The first kappa shape index (κ1) is 26.0. The van der Waals surface area contributed by atoms with Crippen LogP contribution in [0.4, 0.5) is 0 Å². The summed E-state index contributed by atoms with van der Waals surface area (Å²) in [6.45, 7) is 7.14. The Bertz CT molecular complexity index is 1250. The number of carbonyl (C=O) groups excluding carboxylic acids is 1. The lowest BCUT2D eigenvalue weighted by Crippen LogP contribution is -2.38. The lowest BCUT2D eigenvalue weighted by atomic mass is 10.0. The van der Waals surface area contributed by atoms with Gasteiger partial charge in [0.1, 0.15) is 12.7 Å². The molecule has 38 heavy (non-hydrogen) atoms. The molecule has 0 saturated carbocycles. The molecule has 2 aromatic heterocycles. The van der Waals surface area contributed by atoms with Gasteiger partial charge in [-0.15, -0.1) is 0 Å². The molecule has 0 bridgehead atoms. The highest BCUT2D eigenvalue weighted by Crippen LogP contribution is 2.42. The number of amides is 1. The molecule has 2 atom stereocenters. The average Bonchev–Trinajstić information content (AvgIpc) is 3.39. The normalized spacial score (nSPS) is 18.7. The number of fused-ring (bicyclic) bond motifs is 1. The fraction of sp³-hybridized carbons (Fsp3) is 0.464. The van der Waals surface area contributed by atoms with E-state index in [0.29, 0.717) is 48.4 Å². The number of morpholine rings is 1. The molecule has 3 aromatic rings. The van der Waals surface area contributed by atoms with Gasteiger partial charge < -0.3 is 29.0 Å². The molecule has 0 spiro atoms. The Labute approximate surface area is 222 Å². The van der Waals surface area contributed by atoms with Gasteiger partial charge in [-0.05, 0) is 37.3 Å². The van der Waals surface area contributed by atoms with Gasteiger partial charge in [-0.3, -0.25) is 14.7 Å². The molecule has 1 unspecified atom stereocenters. The van der Waals surface area contributed by atoms with Gasteiger partial charge in [-0.1, -0.05) is 0 Å². The molecule has 10 nitrogen and oxygen atoms in total. The van der Waals surface area contributed by atoms with E-state index in [9.17, 15) is 4.79 Å². The summed E-state index contributed by atoms with van der Waals surface area (Å²) in [6.07, 6.45) is 1.98. The molecule has 10 heteroatoms. The first-order valence-electron chi connectivity index (χ1n) is 12.9. The van der Waals surface area contributed by atoms with Crippen LogP contribution in [0.5, 0.6) is 23.1 Å². The minimum atomic E-state index is -0.202. The highest BCUT2D eigenvalue weighted by Gasteiger charge is 2.29. The number of nitrogens with one attached hydrogen (secondary N) is 1. The minimum absolute atomic E-state index is 0.0464. The zero-order valence-electron chi connectivity index (χ0n) is 22.1. The highest BCUT2D eigenvalue weighted by molar-refractivity contribution is 5.87. The van der Waals surface area contributed by atoms with Crippen molar-refractivity contribution in [3.63, 3.8) is 0 Å². The summed E-state index contributed by atoms with van der Waals surface area (Å²) in [4.78, 5) is 23.4. The average molecular weight is 523 g/mol. The molecule has 202 valence electrons. The third-order valence-corrected chi connectivity index (χ3v) is 7.05. The number of rotatable bonds is 10. The monoisotopic (exact) mass is 522 g/mol. The van der Waals surface area contributed by atoms with Gasteiger partial charge in [0, 0.05) is 50.3 Å². The standard InChI is InChI=1S/C28H34N4O6/c1-18(20-15-26(33)30-17-20)38-28-21-5-4-6-29-23(21)16-22(31-28)19-13-24(34-2)27(25(14-19)35-3)37-12-9-32-7-10-36-11-8-32/h4-6,13-14,16,18,20H,7-12,15,17H2,1-3H3,(H,30,33)/t18-,20?/m1/s1. The molecule has 2 aliphatic rings. The highest BCUT2D eigenvalue weighted by atomic mass is 16.5. The Kier molecular flexibility index (Phi) is 8.09. The van der Waals surface area contributed by atoms with Crippen molar-refractivity contribution in [3.05, 3.63) is 36.5 Å². The maximum Gasteiger partial charge on any atom is 0.223 e. The topological polar surface area (TPSA) is 104 Å². The number of hydrogen-bond donors (Lipinski definition) is 1. The van der Waals surface area contributed by atoms with E-state index in [1.165, 1.54) is 0 Å². The Balaban J connectivity index is 1.43. The fourth-order valence-electron chi connectivity index (χ4n) is 4.79. The van der Waals surface area contributed by atoms with Crippen LogP contribution in [0.1, 0.15) is 13.3 Å². The molecule has 5 rings (SSSR count). The van der Waals surface area contributed by atoms with Crippen LogP contribution in [0.3, 0.4) is 0 Å². The van der Waals surface area contributed by atoms with Crippen LogP contribution in [-0.4, -0.2) is 87.1 Å². The summed E-state index contributed by atoms with van der Waals surface area (Å²) in [5, 5.41) is 3.68. The van der Waals surface area contributed by atoms with Crippen molar-refractivity contribution < 1.29 is 28.5 Å². The van der Waals surface area contributed by atoms with Gasteiger partial charge in [0.05, 0.1) is 44.0 Å². The number of aromatic nitrogens is 2. The van der Waals surface area contributed by atoms with Crippen LogP contribution < -0.4 is 24.3 Å². The summed E-state index contributed by atoms with van der Waals surface area (Å²) in [6, 6.07) is 9.48. The first-order valence-corrected chi connectivity index (χ1v) is 12.9. The summed E-state index contributed by atoms with van der Waals surface area (Å²) < 4.78 is 29.3. The quantitative estimate of drug-likeness (QED) is 0.430. The van der Waals surface area contributed by atoms with Crippen LogP contribution in [0.2, 0.25) is 0 Å². The van der Waals surface area contributed by atoms with E-state index in [1.807, 2.05) is 37.3 Å². The fourth-order valence-corrected chi connectivity index (χ4v) is 4.79. The third-order valence-electron chi connectivity index (χ3n) is 7.05. The number of carbonyl (C=O) groups is 1. The number of nitrogens with zero attached hydrogens (tertiary/aromatic N) is 3. The third kappa shape index (κ3) is 5.76. The van der Waals surface area contributed by atoms with Gasteiger partial charge >= 0.3 is 0 Å². The predicted molar refractivity (Wildman–Crippen MR) is 142 cm³/mol. The van der Waals surface area contributed by atoms with Crippen LogP contribution in [0, 0.1) is 5.92 Å². The lowest BCUT2D eigenvalue weighted by Gasteiger charge is -2.26. The van der Waals surface area contributed by atoms with E-state index < -0.39 is 0 Å². The molecular weight excluding hydrogens is 488 g/mol. The summed E-state index contributed by atoms with van der Waals surface area (Å²) in [7, 11) is 3.21. The van der Waals surface area contributed by atoms with E-state index in [0.717, 1.165) is 49.3 Å². The van der Waals surface area contributed by atoms with E-state index in [2.05, 4.69) is 15.2 Å². The minimum Gasteiger partial charge on any atom is -0.493 e. The summed E-state index contributed by atoms with van der Waals surface area (Å²) in [5.41, 5.74) is 2.20. The van der Waals surface area contributed by atoms with E-state index >= 15 is 0 Å². The second-order valence-corrected chi connectivity index (χ2v) is 9.49. The number of benzene rings is 1. The number of hydrogen-bond acceptors (Lipinski definition) is 9. The Morgan fingerprint density at radius 1 is 1.16 bits per heavy atom. The SMILES string of the molecule is COc1cc(-c2cc3ncccc3c(O[C@H](C)C3CNC(=O)C3)n2)cc(OC)c1OCCN1CCOCC1. The molecule has 1 aromatic carbocycles. The van der Waals surface area contributed by atoms with Gasteiger partial charge in [-0.2, -0.15) is 0 Å². The van der Waals surface area contributed by atoms with E-state index in [-0.39, 0.29) is 17.9 Å². The zero-order chi connectivity index (χ0) is 26.5. The molecule has 2 aliphatic heterocycles. The van der Waals surface area contributed by atoms with Gasteiger partial charge in [0.25, 0.3) is 0 Å². The first-order chi connectivity index (χ1) is 18.6.